The van der Waals surface area contributed by atoms with E-state index in [1.807, 2.05) is 24.3 Å². The van der Waals surface area contributed by atoms with Gasteiger partial charge in [0.05, 0.1) is 16.7 Å². The summed E-state index contributed by atoms with van der Waals surface area (Å²) in [4.78, 5) is 0. The SMILES string of the molecule is CCCOc1cccc(CC(CN)c2cccc(Cl)c2Cl)c1. The smallest absolute Gasteiger partial charge is 0.119 e. The normalized spacial score (nSPS) is 12.2. The molecule has 2 rings (SSSR count). The van der Waals surface area contributed by atoms with E-state index in [4.69, 9.17) is 33.7 Å². The predicted octanol–water partition coefficient (Wildman–Crippen LogP) is 5.07. The summed E-state index contributed by atoms with van der Waals surface area (Å²) >= 11 is 12.4. The van der Waals surface area contributed by atoms with Crippen LogP contribution >= 0.6 is 23.2 Å². The van der Waals surface area contributed by atoms with Gasteiger partial charge in [0.1, 0.15) is 5.75 Å². The Labute approximate surface area is 142 Å². The molecule has 0 saturated heterocycles. The van der Waals surface area contributed by atoms with Crippen LogP contribution in [0, 0.1) is 0 Å². The molecule has 0 amide bonds. The van der Waals surface area contributed by atoms with Gasteiger partial charge >= 0.3 is 0 Å². The summed E-state index contributed by atoms with van der Waals surface area (Å²) in [5, 5.41) is 1.16. The molecule has 1 atom stereocenters. The molecule has 0 bridgehead atoms. The maximum atomic E-state index is 6.32. The van der Waals surface area contributed by atoms with Crippen molar-refractivity contribution in [3.05, 3.63) is 63.6 Å². The summed E-state index contributed by atoms with van der Waals surface area (Å²) in [5.74, 6) is 1.03. The van der Waals surface area contributed by atoms with Crippen LogP contribution in [0.1, 0.15) is 30.4 Å². The van der Waals surface area contributed by atoms with Gasteiger partial charge in [-0.05, 0) is 48.7 Å². The third-order valence-corrected chi connectivity index (χ3v) is 4.39. The predicted molar refractivity (Wildman–Crippen MR) is 94.2 cm³/mol. The van der Waals surface area contributed by atoms with Crippen molar-refractivity contribution in [2.45, 2.75) is 25.7 Å². The van der Waals surface area contributed by atoms with E-state index in [1.165, 1.54) is 5.56 Å². The summed E-state index contributed by atoms with van der Waals surface area (Å²) in [6.07, 6.45) is 1.80. The molecular formula is C18H21Cl2NO. The van der Waals surface area contributed by atoms with Crippen LogP contribution in [0.25, 0.3) is 0 Å². The van der Waals surface area contributed by atoms with Gasteiger partial charge in [-0.2, -0.15) is 0 Å². The highest BCUT2D eigenvalue weighted by Crippen LogP contribution is 2.32. The summed E-state index contributed by atoms with van der Waals surface area (Å²) in [5.41, 5.74) is 8.13. The van der Waals surface area contributed by atoms with Gasteiger partial charge in [0.15, 0.2) is 0 Å². The first kappa shape index (κ1) is 17.1. The van der Waals surface area contributed by atoms with Crippen molar-refractivity contribution in [3.63, 3.8) is 0 Å². The lowest BCUT2D eigenvalue weighted by Gasteiger charge is -2.18. The second-order valence-electron chi connectivity index (χ2n) is 5.28. The summed E-state index contributed by atoms with van der Waals surface area (Å²) < 4.78 is 5.68. The molecule has 22 heavy (non-hydrogen) atoms. The van der Waals surface area contributed by atoms with Gasteiger partial charge in [0, 0.05) is 5.92 Å². The van der Waals surface area contributed by atoms with Crippen LogP contribution in [0.4, 0.5) is 0 Å². The zero-order valence-electron chi connectivity index (χ0n) is 12.7. The third-order valence-electron chi connectivity index (χ3n) is 3.56. The van der Waals surface area contributed by atoms with Gasteiger partial charge in [-0.25, -0.2) is 0 Å². The highest BCUT2D eigenvalue weighted by Gasteiger charge is 2.16. The van der Waals surface area contributed by atoms with E-state index in [9.17, 15) is 0 Å². The minimum atomic E-state index is 0.132. The maximum Gasteiger partial charge on any atom is 0.119 e. The molecule has 0 aliphatic heterocycles. The lowest BCUT2D eigenvalue weighted by atomic mass is 9.92. The van der Waals surface area contributed by atoms with E-state index < -0.39 is 0 Å². The molecule has 0 aliphatic rings. The Morgan fingerprint density at radius 2 is 1.91 bits per heavy atom. The van der Waals surface area contributed by atoms with Crippen molar-refractivity contribution >= 4 is 23.2 Å². The highest BCUT2D eigenvalue weighted by molar-refractivity contribution is 6.42. The summed E-state index contributed by atoms with van der Waals surface area (Å²) in [6, 6.07) is 13.8. The Morgan fingerprint density at radius 3 is 2.64 bits per heavy atom. The standard InChI is InChI=1S/C18H21Cl2NO/c1-2-9-22-15-6-3-5-13(11-15)10-14(12-21)16-7-4-8-17(19)18(16)20/h3-8,11,14H,2,9-10,12,21H2,1H3. The van der Waals surface area contributed by atoms with Crippen LogP contribution in [-0.2, 0) is 6.42 Å². The number of halogens is 2. The lowest BCUT2D eigenvalue weighted by Crippen LogP contribution is -2.15. The molecule has 1 unspecified atom stereocenters. The fraction of sp³-hybridized carbons (Fsp3) is 0.333. The van der Waals surface area contributed by atoms with E-state index in [1.54, 1.807) is 6.07 Å². The van der Waals surface area contributed by atoms with Gasteiger partial charge in [0.2, 0.25) is 0 Å². The first-order chi connectivity index (χ1) is 10.7. The molecule has 2 nitrogen and oxygen atoms in total. The fourth-order valence-corrected chi connectivity index (χ4v) is 2.88. The van der Waals surface area contributed by atoms with Crippen LogP contribution in [0.15, 0.2) is 42.5 Å². The molecule has 2 aromatic carbocycles. The van der Waals surface area contributed by atoms with Gasteiger partial charge in [-0.15, -0.1) is 0 Å². The first-order valence-electron chi connectivity index (χ1n) is 7.51. The largest absolute Gasteiger partial charge is 0.494 e. The molecule has 0 fully saturated rings. The van der Waals surface area contributed by atoms with Crippen LogP contribution < -0.4 is 10.5 Å². The zero-order valence-corrected chi connectivity index (χ0v) is 14.2. The number of hydrogen-bond donors (Lipinski definition) is 1. The minimum Gasteiger partial charge on any atom is -0.494 e. The monoisotopic (exact) mass is 337 g/mol. The number of rotatable bonds is 7. The first-order valence-corrected chi connectivity index (χ1v) is 8.27. The summed E-state index contributed by atoms with van der Waals surface area (Å²) in [7, 11) is 0. The number of hydrogen-bond acceptors (Lipinski definition) is 2. The van der Waals surface area contributed by atoms with E-state index in [0.717, 1.165) is 30.8 Å². The molecule has 0 aromatic heterocycles. The Morgan fingerprint density at radius 1 is 1.14 bits per heavy atom. The highest BCUT2D eigenvalue weighted by atomic mass is 35.5. The molecule has 0 heterocycles. The van der Waals surface area contributed by atoms with Crippen molar-refractivity contribution in [2.75, 3.05) is 13.2 Å². The van der Waals surface area contributed by atoms with Crippen LogP contribution in [0.5, 0.6) is 5.75 Å². The minimum absolute atomic E-state index is 0.132. The van der Waals surface area contributed by atoms with Gasteiger partial charge < -0.3 is 10.5 Å². The second-order valence-corrected chi connectivity index (χ2v) is 6.06. The Bertz CT molecular complexity index is 616. The lowest BCUT2D eigenvalue weighted by molar-refractivity contribution is 0.317. The molecule has 4 heteroatoms. The average molecular weight is 338 g/mol. The van der Waals surface area contributed by atoms with Crippen molar-refractivity contribution < 1.29 is 4.74 Å². The second kappa shape index (κ2) is 8.42. The van der Waals surface area contributed by atoms with E-state index in [0.29, 0.717) is 16.6 Å². The van der Waals surface area contributed by atoms with E-state index >= 15 is 0 Å². The van der Waals surface area contributed by atoms with Crippen molar-refractivity contribution in [3.8, 4) is 5.75 Å². The van der Waals surface area contributed by atoms with Crippen molar-refractivity contribution in [1.82, 2.24) is 0 Å². The Hall–Kier alpha value is -1.22. The van der Waals surface area contributed by atoms with Crippen LogP contribution in [0.3, 0.4) is 0 Å². The van der Waals surface area contributed by atoms with Crippen LogP contribution in [0.2, 0.25) is 10.0 Å². The number of ether oxygens (including phenoxy) is 1. The van der Waals surface area contributed by atoms with Crippen molar-refractivity contribution in [2.24, 2.45) is 5.73 Å². The van der Waals surface area contributed by atoms with E-state index in [2.05, 4.69) is 19.1 Å². The van der Waals surface area contributed by atoms with Gasteiger partial charge in [0.25, 0.3) is 0 Å². The topological polar surface area (TPSA) is 35.2 Å². The molecule has 0 saturated carbocycles. The molecular weight excluding hydrogens is 317 g/mol. The third kappa shape index (κ3) is 4.39. The zero-order chi connectivity index (χ0) is 15.9. The average Bonchev–Trinajstić information content (AvgIpc) is 2.54. The molecule has 0 aliphatic carbocycles. The molecule has 2 N–H and O–H groups in total. The molecule has 0 radical (unpaired) electrons. The summed E-state index contributed by atoms with van der Waals surface area (Å²) in [6.45, 7) is 3.33. The van der Waals surface area contributed by atoms with Crippen LogP contribution in [-0.4, -0.2) is 13.2 Å². The quantitative estimate of drug-likeness (QED) is 0.765. The van der Waals surface area contributed by atoms with Gasteiger partial charge in [-0.3, -0.25) is 0 Å². The number of nitrogens with two attached hydrogens (primary N) is 1. The molecule has 2 aromatic rings. The maximum absolute atomic E-state index is 6.32. The van der Waals surface area contributed by atoms with Gasteiger partial charge in [-0.1, -0.05) is 54.4 Å². The number of benzene rings is 2. The fourth-order valence-electron chi connectivity index (χ4n) is 2.42. The molecule has 118 valence electrons. The van der Waals surface area contributed by atoms with E-state index in [-0.39, 0.29) is 5.92 Å². The molecule has 0 spiro atoms. The van der Waals surface area contributed by atoms with Crippen molar-refractivity contribution in [1.29, 1.82) is 0 Å². The Kier molecular flexibility index (Phi) is 6.56. The Balaban J connectivity index is 2.18.